The third-order valence-corrected chi connectivity index (χ3v) is 3.59. The Morgan fingerprint density at radius 1 is 1.52 bits per heavy atom. The summed E-state index contributed by atoms with van der Waals surface area (Å²) in [4.78, 5) is 16.6. The molecule has 21 heavy (non-hydrogen) atoms. The summed E-state index contributed by atoms with van der Waals surface area (Å²) < 4.78 is 0. The number of pyridine rings is 1. The second-order valence-corrected chi connectivity index (χ2v) is 6.26. The van der Waals surface area contributed by atoms with E-state index in [1.54, 1.807) is 6.20 Å². The summed E-state index contributed by atoms with van der Waals surface area (Å²) in [6.07, 6.45) is 2.37. The van der Waals surface area contributed by atoms with Crippen LogP contribution in [0.2, 0.25) is 0 Å². The molecule has 6 heteroatoms. The van der Waals surface area contributed by atoms with Crippen LogP contribution in [0.3, 0.4) is 0 Å². The molecule has 0 saturated carbocycles. The molecule has 0 aliphatic carbocycles. The Hall–Kier alpha value is -1.95. The molecule has 1 unspecified atom stereocenters. The number of nitrogens with one attached hydrogen (secondary N) is 2. The number of nitrogens with two attached hydrogens (primary N) is 1. The number of carbonyl (C=O) groups excluding carboxylic acids is 1. The van der Waals surface area contributed by atoms with Crippen LogP contribution >= 0.6 is 0 Å². The second kappa shape index (κ2) is 5.81. The summed E-state index contributed by atoms with van der Waals surface area (Å²) in [6, 6.07) is 1.81. The number of amides is 1. The van der Waals surface area contributed by atoms with Crippen LogP contribution in [0.5, 0.6) is 0 Å². The van der Waals surface area contributed by atoms with Crippen molar-refractivity contribution in [2.24, 2.45) is 11.7 Å². The molecule has 6 nitrogen and oxygen atoms in total. The minimum atomic E-state index is -0.411. The van der Waals surface area contributed by atoms with Crippen molar-refractivity contribution in [1.29, 1.82) is 0 Å². The third-order valence-electron chi connectivity index (χ3n) is 3.59. The van der Waals surface area contributed by atoms with Gasteiger partial charge in [0.05, 0.1) is 5.56 Å². The maximum atomic E-state index is 12.4. The van der Waals surface area contributed by atoms with E-state index in [0.29, 0.717) is 23.7 Å². The van der Waals surface area contributed by atoms with E-state index in [1.165, 1.54) is 0 Å². The lowest BCUT2D eigenvalue weighted by Crippen LogP contribution is -2.52. The van der Waals surface area contributed by atoms with Crippen LogP contribution in [0.4, 0.5) is 0 Å². The number of fused-ring (bicyclic) bond motifs is 1. The number of aryl methyl sites for hydroxylation is 1. The van der Waals surface area contributed by atoms with Gasteiger partial charge >= 0.3 is 0 Å². The highest BCUT2D eigenvalue weighted by atomic mass is 16.1. The molecule has 2 aromatic heterocycles. The van der Waals surface area contributed by atoms with E-state index < -0.39 is 5.54 Å². The molecule has 0 spiro atoms. The molecule has 114 valence electrons. The van der Waals surface area contributed by atoms with Crippen molar-refractivity contribution >= 4 is 16.9 Å². The maximum absolute atomic E-state index is 12.4. The van der Waals surface area contributed by atoms with Gasteiger partial charge in [0.1, 0.15) is 0 Å². The van der Waals surface area contributed by atoms with E-state index in [2.05, 4.69) is 34.3 Å². The highest BCUT2D eigenvalue weighted by Gasteiger charge is 2.26. The molecule has 0 radical (unpaired) electrons. The number of hydrogen-bond acceptors (Lipinski definition) is 4. The Morgan fingerprint density at radius 3 is 2.86 bits per heavy atom. The molecule has 2 rings (SSSR count). The summed E-state index contributed by atoms with van der Waals surface area (Å²) in [6.45, 7) is 8.50. The summed E-state index contributed by atoms with van der Waals surface area (Å²) >= 11 is 0. The van der Waals surface area contributed by atoms with Crippen LogP contribution < -0.4 is 11.1 Å². The maximum Gasteiger partial charge on any atom is 0.253 e. The number of aromatic amines is 1. The summed E-state index contributed by atoms with van der Waals surface area (Å²) in [5, 5.41) is 10.8. The van der Waals surface area contributed by atoms with Gasteiger partial charge in [0.2, 0.25) is 0 Å². The smallest absolute Gasteiger partial charge is 0.253 e. The van der Waals surface area contributed by atoms with Gasteiger partial charge in [0.25, 0.3) is 5.91 Å². The standard InChI is InChI=1S/C15H23N5O/c1-9(2)6-15(4,8-16)18-14(21)11-5-12-10(3)19-20-13(12)17-7-11/h5,7,9H,6,8,16H2,1-4H3,(H,18,21)(H,17,19,20). The zero-order chi connectivity index (χ0) is 15.6. The minimum absolute atomic E-state index is 0.154. The molecule has 0 aromatic carbocycles. The highest BCUT2D eigenvalue weighted by molar-refractivity contribution is 5.97. The average Bonchev–Trinajstić information content (AvgIpc) is 2.79. The Bertz CT molecular complexity index is 649. The zero-order valence-electron chi connectivity index (χ0n) is 13.0. The van der Waals surface area contributed by atoms with Crippen LogP contribution in [0.1, 0.15) is 43.2 Å². The van der Waals surface area contributed by atoms with Gasteiger partial charge in [-0.25, -0.2) is 4.98 Å². The number of rotatable bonds is 5. The fraction of sp³-hybridized carbons (Fsp3) is 0.533. The lowest BCUT2D eigenvalue weighted by Gasteiger charge is -2.31. The van der Waals surface area contributed by atoms with E-state index in [1.807, 2.05) is 19.9 Å². The van der Waals surface area contributed by atoms with Crippen molar-refractivity contribution in [3.8, 4) is 0 Å². The lowest BCUT2D eigenvalue weighted by molar-refractivity contribution is 0.0898. The molecule has 4 N–H and O–H groups in total. The quantitative estimate of drug-likeness (QED) is 0.781. The Morgan fingerprint density at radius 2 is 2.24 bits per heavy atom. The molecule has 0 bridgehead atoms. The molecular formula is C15H23N5O. The first kappa shape index (κ1) is 15.4. The number of carbonyl (C=O) groups is 1. The lowest BCUT2D eigenvalue weighted by atomic mass is 9.90. The van der Waals surface area contributed by atoms with Gasteiger partial charge in [-0.05, 0) is 32.3 Å². The fourth-order valence-electron chi connectivity index (χ4n) is 2.58. The number of aromatic nitrogens is 3. The van der Waals surface area contributed by atoms with Crippen molar-refractivity contribution in [3.05, 3.63) is 23.5 Å². The van der Waals surface area contributed by atoms with Gasteiger partial charge in [0.15, 0.2) is 5.65 Å². The van der Waals surface area contributed by atoms with Gasteiger partial charge in [0, 0.05) is 29.4 Å². The topological polar surface area (TPSA) is 96.7 Å². The van der Waals surface area contributed by atoms with Crippen molar-refractivity contribution in [1.82, 2.24) is 20.5 Å². The molecule has 0 fully saturated rings. The largest absolute Gasteiger partial charge is 0.346 e. The van der Waals surface area contributed by atoms with Crippen molar-refractivity contribution < 1.29 is 4.79 Å². The third kappa shape index (κ3) is 3.39. The Balaban J connectivity index is 2.23. The van der Waals surface area contributed by atoms with Crippen molar-refractivity contribution in [2.45, 2.75) is 39.7 Å². The van der Waals surface area contributed by atoms with Crippen LogP contribution in [0.15, 0.2) is 12.3 Å². The van der Waals surface area contributed by atoms with Crippen LogP contribution in [0.25, 0.3) is 11.0 Å². The Kier molecular flexibility index (Phi) is 4.27. The SMILES string of the molecule is Cc1[nH]nc2ncc(C(=O)NC(C)(CN)CC(C)C)cc12. The fourth-order valence-corrected chi connectivity index (χ4v) is 2.58. The molecule has 0 aliphatic rings. The normalized spacial score (nSPS) is 14.4. The van der Waals surface area contributed by atoms with E-state index >= 15 is 0 Å². The van der Waals surface area contributed by atoms with E-state index in [-0.39, 0.29) is 5.91 Å². The van der Waals surface area contributed by atoms with Gasteiger partial charge in [-0.1, -0.05) is 13.8 Å². The van der Waals surface area contributed by atoms with Gasteiger partial charge in [-0.2, -0.15) is 5.10 Å². The number of H-pyrrole nitrogens is 1. The Labute approximate surface area is 124 Å². The van der Waals surface area contributed by atoms with Gasteiger partial charge in [-0.15, -0.1) is 0 Å². The predicted octanol–water partition coefficient (Wildman–Crippen LogP) is 1.76. The highest BCUT2D eigenvalue weighted by Crippen LogP contribution is 2.18. The monoisotopic (exact) mass is 289 g/mol. The first-order chi connectivity index (χ1) is 9.84. The van der Waals surface area contributed by atoms with Crippen molar-refractivity contribution in [3.63, 3.8) is 0 Å². The van der Waals surface area contributed by atoms with Crippen molar-refractivity contribution in [2.75, 3.05) is 6.54 Å². The average molecular weight is 289 g/mol. The molecule has 2 heterocycles. The predicted molar refractivity (Wildman–Crippen MR) is 83.0 cm³/mol. The first-order valence-electron chi connectivity index (χ1n) is 7.18. The molecule has 2 aromatic rings. The molecule has 1 amide bonds. The summed E-state index contributed by atoms with van der Waals surface area (Å²) in [7, 11) is 0. The molecule has 1 atom stereocenters. The molecule has 0 aliphatic heterocycles. The van der Waals surface area contributed by atoms with Gasteiger partial charge in [-0.3, -0.25) is 9.89 Å². The van der Waals surface area contributed by atoms with E-state index in [9.17, 15) is 4.79 Å². The van der Waals surface area contributed by atoms with Crippen LogP contribution in [-0.4, -0.2) is 33.2 Å². The summed E-state index contributed by atoms with van der Waals surface area (Å²) in [5.74, 6) is 0.300. The molecular weight excluding hydrogens is 266 g/mol. The van der Waals surface area contributed by atoms with Crippen LogP contribution in [-0.2, 0) is 0 Å². The van der Waals surface area contributed by atoms with Gasteiger partial charge < -0.3 is 11.1 Å². The minimum Gasteiger partial charge on any atom is -0.346 e. The second-order valence-electron chi connectivity index (χ2n) is 6.26. The summed E-state index contributed by atoms with van der Waals surface area (Å²) in [5.41, 5.74) is 7.46. The first-order valence-corrected chi connectivity index (χ1v) is 7.18. The number of nitrogens with zero attached hydrogens (tertiary/aromatic N) is 2. The van der Waals surface area contributed by atoms with E-state index in [0.717, 1.165) is 17.5 Å². The number of hydrogen-bond donors (Lipinski definition) is 3. The van der Waals surface area contributed by atoms with Crippen LogP contribution in [0, 0.1) is 12.8 Å². The molecule has 0 saturated heterocycles. The van der Waals surface area contributed by atoms with E-state index in [4.69, 9.17) is 5.73 Å². The zero-order valence-corrected chi connectivity index (χ0v) is 13.0.